The van der Waals surface area contributed by atoms with Gasteiger partial charge in [-0.2, -0.15) is 0 Å². The van der Waals surface area contributed by atoms with Crippen molar-refractivity contribution in [3.63, 3.8) is 0 Å². The molecule has 2 N–H and O–H groups in total. The van der Waals surface area contributed by atoms with Crippen LogP contribution in [0.25, 0.3) is 0 Å². The van der Waals surface area contributed by atoms with Crippen LogP contribution < -0.4 is 10.2 Å². The van der Waals surface area contributed by atoms with Gasteiger partial charge in [0.05, 0.1) is 24.7 Å². The molecule has 1 aromatic rings. The maximum atomic E-state index is 14.2. The summed E-state index contributed by atoms with van der Waals surface area (Å²) < 4.78 is 19.5. The van der Waals surface area contributed by atoms with Gasteiger partial charge in [0.15, 0.2) is 0 Å². The highest BCUT2D eigenvalue weighted by molar-refractivity contribution is 5.98. The van der Waals surface area contributed by atoms with Gasteiger partial charge in [0.1, 0.15) is 5.82 Å². The summed E-state index contributed by atoms with van der Waals surface area (Å²) in [7, 11) is 0. The topological polar surface area (TPSA) is 99.2 Å². The number of nitrogens with one attached hydrogen (secondary N) is 1. The summed E-state index contributed by atoms with van der Waals surface area (Å²) in [4.78, 5) is 38.0. The first kappa shape index (κ1) is 17.2. The van der Waals surface area contributed by atoms with Gasteiger partial charge in [0.25, 0.3) is 5.91 Å². The molecule has 134 valence electrons. The van der Waals surface area contributed by atoms with Crippen molar-refractivity contribution in [2.24, 2.45) is 0 Å². The summed E-state index contributed by atoms with van der Waals surface area (Å²) in [6.45, 7) is 1.46. The van der Waals surface area contributed by atoms with Gasteiger partial charge in [-0.25, -0.2) is 9.18 Å². The molecule has 2 saturated heterocycles. The molecule has 3 rings (SSSR count). The number of carboxylic acid groups (broad SMARTS) is 1. The smallest absolute Gasteiger partial charge is 0.321 e. The third kappa shape index (κ3) is 3.71. The molecule has 8 nitrogen and oxygen atoms in total. The lowest BCUT2D eigenvalue weighted by Gasteiger charge is -2.32. The number of morpholine rings is 1. The number of hydrogen-bond donors (Lipinski definition) is 2. The van der Waals surface area contributed by atoms with Crippen molar-refractivity contribution in [3.05, 3.63) is 29.6 Å². The first-order valence-corrected chi connectivity index (χ1v) is 7.93. The molecule has 2 aliphatic heterocycles. The zero-order valence-corrected chi connectivity index (χ0v) is 13.4. The first-order valence-electron chi connectivity index (χ1n) is 7.93. The highest BCUT2D eigenvalue weighted by atomic mass is 19.1. The molecular formula is C16H18FN3O5. The average Bonchev–Trinajstić information content (AvgIpc) is 3.00. The lowest BCUT2D eigenvalue weighted by atomic mass is 10.1. The highest BCUT2D eigenvalue weighted by Gasteiger charge is 2.29. The Morgan fingerprint density at radius 3 is 2.84 bits per heavy atom. The second-order valence-electron chi connectivity index (χ2n) is 5.89. The minimum Gasteiger partial charge on any atom is -0.481 e. The summed E-state index contributed by atoms with van der Waals surface area (Å²) in [6.07, 6.45) is -0.842. The number of carboxylic acids is 1. The molecule has 0 radical (unpaired) electrons. The zero-order chi connectivity index (χ0) is 18.0. The van der Waals surface area contributed by atoms with E-state index in [2.05, 4.69) is 5.32 Å². The quantitative estimate of drug-likeness (QED) is 0.831. The van der Waals surface area contributed by atoms with E-state index in [1.807, 2.05) is 0 Å². The van der Waals surface area contributed by atoms with Crippen LogP contribution in [-0.2, 0) is 9.53 Å². The van der Waals surface area contributed by atoms with Crippen LogP contribution in [0.15, 0.2) is 18.2 Å². The van der Waals surface area contributed by atoms with Crippen LogP contribution >= 0.6 is 0 Å². The number of amides is 3. The fraction of sp³-hybridized carbons (Fsp3) is 0.438. The van der Waals surface area contributed by atoms with Crippen molar-refractivity contribution >= 4 is 23.6 Å². The minimum atomic E-state index is -1.02. The van der Waals surface area contributed by atoms with Crippen molar-refractivity contribution in [2.45, 2.75) is 12.5 Å². The lowest BCUT2D eigenvalue weighted by Crippen LogP contribution is -2.46. The van der Waals surface area contributed by atoms with E-state index < -0.39 is 23.8 Å². The molecule has 0 bridgehead atoms. The van der Waals surface area contributed by atoms with E-state index in [-0.39, 0.29) is 37.7 Å². The van der Waals surface area contributed by atoms with Gasteiger partial charge in [-0.3, -0.25) is 14.5 Å². The Labute approximate surface area is 143 Å². The van der Waals surface area contributed by atoms with E-state index >= 15 is 0 Å². The number of urea groups is 1. The first-order chi connectivity index (χ1) is 12.0. The maximum absolute atomic E-state index is 14.2. The van der Waals surface area contributed by atoms with Gasteiger partial charge >= 0.3 is 12.0 Å². The van der Waals surface area contributed by atoms with Crippen molar-refractivity contribution in [2.75, 3.05) is 37.7 Å². The fourth-order valence-electron chi connectivity index (χ4n) is 2.96. The van der Waals surface area contributed by atoms with Gasteiger partial charge < -0.3 is 20.1 Å². The van der Waals surface area contributed by atoms with Crippen LogP contribution in [0.1, 0.15) is 16.8 Å². The zero-order valence-electron chi connectivity index (χ0n) is 13.4. The van der Waals surface area contributed by atoms with Crippen molar-refractivity contribution in [1.29, 1.82) is 0 Å². The Morgan fingerprint density at radius 2 is 2.16 bits per heavy atom. The number of benzene rings is 1. The molecule has 2 aliphatic rings. The number of hydrogen-bond acceptors (Lipinski definition) is 4. The predicted octanol–water partition coefficient (Wildman–Crippen LogP) is 0.671. The maximum Gasteiger partial charge on any atom is 0.321 e. The molecule has 0 unspecified atom stereocenters. The van der Waals surface area contributed by atoms with Gasteiger partial charge in [0, 0.05) is 31.9 Å². The Bertz CT molecular complexity index is 711. The predicted molar refractivity (Wildman–Crippen MR) is 85.0 cm³/mol. The molecule has 2 heterocycles. The van der Waals surface area contributed by atoms with E-state index in [4.69, 9.17) is 9.84 Å². The molecule has 1 atom stereocenters. The number of carbonyl (C=O) groups excluding carboxylic acids is 2. The van der Waals surface area contributed by atoms with E-state index in [0.29, 0.717) is 18.8 Å². The second-order valence-corrected chi connectivity index (χ2v) is 5.89. The number of rotatable bonds is 4. The van der Waals surface area contributed by atoms with Crippen LogP contribution in [0.2, 0.25) is 0 Å². The summed E-state index contributed by atoms with van der Waals surface area (Å²) in [5.74, 6) is -2.25. The molecule has 0 spiro atoms. The summed E-state index contributed by atoms with van der Waals surface area (Å²) >= 11 is 0. The van der Waals surface area contributed by atoms with Crippen molar-refractivity contribution in [1.82, 2.24) is 10.2 Å². The van der Waals surface area contributed by atoms with Crippen molar-refractivity contribution in [3.8, 4) is 0 Å². The molecule has 25 heavy (non-hydrogen) atoms. The number of halogens is 1. The largest absolute Gasteiger partial charge is 0.481 e. The number of anilines is 1. The molecule has 9 heteroatoms. The van der Waals surface area contributed by atoms with Crippen LogP contribution in [0.4, 0.5) is 14.9 Å². The number of carbonyl (C=O) groups is 3. The molecule has 1 aromatic carbocycles. The number of ether oxygens (including phenoxy) is 1. The van der Waals surface area contributed by atoms with Gasteiger partial charge in [-0.15, -0.1) is 0 Å². The van der Waals surface area contributed by atoms with Gasteiger partial charge in [0.2, 0.25) is 0 Å². The van der Waals surface area contributed by atoms with E-state index in [9.17, 15) is 18.8 Å². The third-order valence-electron chi connectivity index (χ3n) is 4.18. The summed E-state index contributed by atoms with van der Waals surface area (Å²) in [6, 6.07) is 3.66. The second kappa shape index (κ2) is 7.06. The lowest BCUT2D eigenvalue weighted by molar-refractivity contribution is -0.141. The Kier molecular flexibility index (Phi) is 4.84. The van der Waals surface area contributed by atoms with E-state index in [0.717, 1.165) is 6.07 Å². The van der Waals surface area contributed by atoms with E-state index in [1.54, 1.807) is 0 Å². The molecule has 0 aromatic heterocycles. The SMILES string of the molecule is O=C(O)C[C@H]1CN(C(=O)c2cc(N3CCNC3=O)ccc2F)CCO1. The number of nitrogens with zero attached hydrogens (tertiary/aromatic N) is 2. The molecule has 0 saturated carbocycles. The van der Waals surface area contributed by atoms with Crippen LogP contribution in [0.5, 0.6) is 0 Å². The normalized spacial score (nSPS) is 20.5. The Balaban J connectivity index is 1.79. The van der Waals surface area contributed by atoms with Crippen LogP contribution in [0, 0.1) is 5.82 Å². The highest BCUT2D eigenvalue weighted by Crippen LogP contribution is 2.22. The fourth-order valence-corrected chi connectivity index (χ4v) is 2.96. The third-order valence-corrected chi connectivity index (χ3v) is 4.18. The summed E-state index contributed by atoms with van der Waals surface area (Å²) in [5, 5.41) is 11.5. The van der Waals surface area contributed by atoms with E-state index in [1.165, 1.54) is 21.9 Å². The molecule has 3 amide bonds. The minimum absolute atomic E-state index is 0.0823. The van der Waals surface area contributed by atoms with Crippen molar-refractivity contribution < 1.29 is 28.6 Å². The molecular weight excluding hydrogens is 333 g/mol. The molecule has 2 fully saturated rings. The standard InChI is InChI=1S/C16H18FN3O5/c17-13-2-1-10(20-4-3-18-16(20)24)7-12(13)15(23)19-5-6-25-11(9-19)8-14(21)22/h1-2,7,11H,3-6,8-9H2,(H,18,24)(H,21,22)/t11-/m0/s1. The summed E-state index contributed by atoms with van der Waals surface area (Å²) in [5.41, 5.74) is 0.295. The Hall–Kier alpha value is -2.68. The monoisotopic (exact) mass is 351 g/mol. The Morgan fingerprint density at radius 1 is 1.36 bits per heavy atom. The van der Waals surface area contributed by atoms with Crippen LogP contribution in [0.3, 0.4) is 0 Å². The van der Waals surface area contributed by atoms with Crippen LogP contribution in [-0.4, -0.2) is 66.8 Å². The average molecular weight is 351 g/mol. The molecule has 0 aliphatic carbocycles. The number of aliphatic carboxylic acids is 1. The van der Waals surface area contributed by atoms with Gasteiger partial charge in [-0.1, -0.05) is 0 Å². The van der Waals surface area contributed by atoms with Gasteiger partial charge in [-0.05, 0) is 18.2 Å².